The van der Waals surface area contributed by atoms with Gasteiger partial charge in [-0.2, -0.15) is 5.10 Å². The minimum Gasteiger partial charge on any atom is -0.356 e. The van der Waals surface area contributed by atoms with Crippen LogP contribution in [0.2, 0.25) is 0 Å². The van der Waals surface area contributed by atoms with Crippen molar-refractivity contribution in [3.63, 3.8) is 0 Å². The summed E-state index contributed by atoms with van der Waals surface area (Å²) in [5.74, 6) is 1.45. The molecule has 0 bridgehead atoms. The van der Waals surface area contributed by atoms with Crippen LogP contribution in [0.4, 0.5) is 4.39 Å². The number of hydrogen-bond donors (Lipinski definition) is 2. The molecule has 30 heavy (non-hydrogen) atoms. The van der Waals surface area contributed by atoms with Gasteiger partial charge in [0.05, 0.1) is 0 Å². The average molecular weight is 528 g/mol. The maximum atomic E-state index is 13.6. The van der Waals surface area contributed by atoms with Crippen molar-refractivity contribution in [2.24, 2.45) is 4.99 Å². The zero-order valence-electron chi connectivity index (χ0n) is 17.4. The summed E-state index contributed by atoms with van der Waals surface area (Å²) < 4.78 is 16.9. The number of aryl methyl sites for hydroxylation is 2. The molecule has 0 atom stereocenters. The lowest BCUT2D eigenvalue weighted by molar-refractivity contribution is 0.509. The minimum absolute atomic E-state index is 0. The SMILES string of the molecule is CN=C(NCCCn1nc2n(c1=O)CCCC2)NCC1(c2cccc(F)c2)CC1.I. The van der Waals surface area contributed by atoms with Gasteiger partial charge in [0, 0.05) is 45.1 Å². The monoisotopic (exact) mass is 528 g/mol. The number of guanidine groups is 1. The highest BCUT2D eigenvalue weighted by molar-refractivity contribution is 14.0. The zero-order valence-corrected chi connectivity index (χ0v) is 19.7. The molecule has 2 aliphatic rings. The van der Waals surface area contributed by atoms with Gasteiger partial charge in [0.25, 0.3) is 0 Å². The first-order valence-corrected chi connectivity index (χ1v) is 10.5. The summed E-state index contributed by atoms with van der Waals surface area (Å²) in [7, 11) is 1.74. The number of rotatable bonds is 7. The van der Waals surface area contributed by atoms with Crippen molar-refractivity contribution in [1.82, 2.24) is 25.0 Å². The second kappa shape index (κ2) is 9.93. The molecule has 7 nitrogen and oxygen atoms in total. The van der Waals surface area contributed by atoms with Crippen LogP contribution in [0.25, 0.3) is 0 Å². The van der Waals surface area contributed by atoms with Gasteiger partial charge in [0.2, 0.25) is 0 Å². The van der Waals surface area contributed by atoms with Gasteiger partial charge in [0.1, 0.15) is 11.6 Å². The Morgan fingerprint density at radius 1 is 1.30 bits per heavy atom. The molecule has 164 valence electrons. The average Bonchev–Trinajstić information content (AvgIpc) is 3.47. The lowest BCUT2D eigenvalue weighted by atomic mass is 9.96. The molecule has 1 fully saturated rings. The molecule has 0 amide bonds. The number of hydrogen-bond acceptors (Lipinski definition) is 3. The summed E-state index contributed by atoms with van der Waals surface area (Å²) in [6.45, 7) is 2.80. The molecule has 2 aromatic rings. The van der Waals surface area contributed by atoms with Gasteiger partial charge in [-0.3, -0.25) is 9.56 Å². The maximum Gasteiger partial charge on any atom is 0.345 e. The van der Waals surface area contributed by atoms with E-state index in [0.29, 0.717) is 13.1 Å². The number of aromatic nitrogens is 3. The van der Waals surface area contributed by atoms with E-state index >= 15 is 0 Å². The molecule has 1 aliphatic heterocycles. The van der Waals surface area contributed by atoms with E-state index in [-0.39, 0.29) is 40.9 Å². The molecule has 1 saturated carbocycles. The Morgan fingerprint density at radius 3 is 2.83 bits per heavy atom. The molecule has 0 radical (unpaired) electrons. The van der Waals surface area contributed by atoms with Crippen LogP contribution in [0.15, 0.2) is 34.1 Å². The lowest BCUT2D eigenvalue weighted by Gasteiger charge is -2.19. The van der Waals surface area contributed by atoms with E-state index in [1.165, 1.54) is 6.07 Å². The highest BCUT2D eigenvalue weighted by atomic mass is 127. The fourth-order valence-electron chi connectivity index (χ4n) is 4.04. The highest BCUT2D eigenvalue weighted by Gasteiger charge is 2.44. The number of aliphatic imine (C=N–C) groups is 1. The van der Waals surface area contributed by atoms with Crippen LogP contribution >= 0.6 is 24.0 Å². The second-order valence-corrected chi connectivity index (χ2v) is 8.03. The van der Waals surface area contributed by atoms with Crippen LogP contribution in [0, 0.1) is 5.82 Å². The molecule has 2 heterocycles. The minimum atomic E-state index is -0.188. The van der Waals surface area contributed by atoms with Crippen LogP contribution < -0.4 is 16.3 Å². The molecule has 0 spiro atoms. The third-order valence-electron chi connectivity index (χ3n) is 5.98. The molecular weight excluding hydrogens is 498 g/mol. The van der Waals surface area contributed by atoms with E-state index in [2.05, 4.69) is 20.7 Å². The van der Waals surface area contributed by atoms with E-state index in [4.69, 9.17) is 0 Å². The van der Waals surface area contributed by atoms with E-state index in [0.717, 1.165) is 69.0 Å². The second-order valence-electron chi connectivity index (χ2n) is 8.03. The number of fused-ring (bicyclic) bond motifs is 1. The number of benzene rings is 1. The van der Waals surface area contributed by atoms with Gasteiger partial charge in [-0.25, -0.2) is 13.9 Å². The fraction of sp³-hybridized carbons (Fsp3) is 0.571. The van der Waals surface area contributed by atoms with Gasteiger partial charge in [-0.1, -0.05) is 12.1 Å². The summed E-state index contributed by atoms with van der Waals surface area (Å²) in [5.41, 5.74) is 1.05. The number of halogens is 2. The van der Waals surface area contributed by atoms with Crippen LogP contribution in [-0.2, 0) is 24.9 Å². The van der Waals surface area contributed by atoms with Gasteiger partial charge in [0.15, 0.2) is 5.96 Å². The van der Waals surface area contributed by atoms with Gasteiger partial charge in [-0.15, -0.1) is 24.0 Å². The quantitative estimate of drug-likeness (QED) is 0.251. The van der Waals surface area contributed by atoms with Crippen LogP contribution in [0.1, 0.15) is 43.5 Å². The standard InChI is InChI=1S/C21H29FN6O.HI/c1-23-19(25-15-21(9-10-21)16-6-4-7-17(22)14-16)24-11-5-13-28-20(29)27-12-3-2-8-18(27)26-28;/h4,6-7,14H,2-3,5,8-13,15H2,1H3,(H2,23,24,25);1H. The van der Waals surface area contributed by atoms with Crippen LogP contribution in [0.5, 0.6) is 0 Å². The third kappa shape index (κ3) is 5.04. The first-order chi connectivity index (χ1) is 14.1. The van der Waals surface area contributed by atoms with Crippen molar-refractivity contribution < 1.29 is 4.39 Å². The Morgan fingerprint density at radius 2 is 2.13 bits per heavy atom. The number of nitrogens with zero attached hydrogens (tertiary/aromatic N) is 4. The zero-order chi connectivity index (χ0) is 20.3. The first kappa shape index (κ1) is 22.8. The molecule has 1 aromatic heterocycles. The van der Waals surface area contributed by atoms with Gasteiger partial charge < -0.3 is 10.6 Å². The first-order valence-electron chi connectivity index (χ1n) is 10.5. The molecule has 2 N–H and O–H groups in total. The van der Waals surface area contributed by atoms with Crippen molar-refractivity contribution in [1.29, 1.82) is 0 Å². The molecule has 4 rings (SSSR count). The third-order valence-corrected chi connectivity index (χ3v) is 5.98. The predicted molar refractivity (Wildman–Crippen MR) is 126 cm³/mol. The summed E-state index contributed by atoms with van der Waals surface area (Å²) in [6.07, 6.45) is 5.94. The van der Waals surface area contributed by atoms with Crippen LogP contribution in [0.3, 0.4) is 0 Å². The Labute approximate surface area is 193 Å². The Balaban J connectivity index is 0.00000256. The van der Waals surface area contributed by atoms with Gasteiger partial charge >= 0.3 is 5.69 Å². The summed E-state index contributed by atoms with van der Waals surface area (Å²) in [5, 5.41) is 11.1. The Hall–Kier alpha value is -1.91. The highest BCUT2D eigenvalue weighted by Crippen LogP contribution is 2.47. The maximum absolute atomic E-state index is 13.6. The Kier molecular flexibility index (Phi) is 7.54. The molecule has 1 aromatic carbocycles. The molecule has 0 unspecified atom stereocenters. The van der Waals surface area contributed by atoms with E-state index in [9.17, 15) is 9.18 Å². The van der Waals surface area contributed by atoms with Crippen molar-refractivity contribution >= 4 is 29.9 Å². The summed E-state index contributed by atoms with van der Waals surface area (Å²) in [6, 6.07) is 6.88. The van der Waals surface area contributed by atoms with E-state index < -0.39 is 0 Å². The summed E-state index contributed by atoms with van der Waals surface area (Å²) in [4.78, 5) is 16.6. The topological polar surface area (TPSA) is 76.2 Å². The molecule has 0 saturated heterocycles. The molecule has 1 aliphatic carbocycles. The predicted octanol–water partition coefficient (Wildman–Crippen LogP) is 2.43. The normalized spacial score (nSPS) is 17.1. The van der Waals surface area contributed by atoms with Crippen LogP contribution in [-0.4, -0.2) is 40.4 Å². The molecular formula is C21H30FIN6O. The van der Waals surface area contributed by atoms with Crippen molar-refractivity contribution in [2.75, 3.05) is 20.1 Å². The lowest BCUT2D eigenvalue weighted by Crippen LogP contribution is -2.41. The Bertz CT molecular complexity index is 949. The van der Waals surface area contributed by atoms with Crippen molar-refractivity contribution in [3.05, 3.63) is 52.0 Å². The smallest absolute Gasteiger partial charge is 0.345 e. The van der Waals surface area contributed by atoms with E-state index in [1.54, 1.807) is 28.4 Å². The van der Waals surface area contributed by atoms with E-state index in [1.807, 2.05) is 6.07 Å². The van der Waals surface area contributed by atoms with Crippen molar-refractivity contribution in [3.8, 4) is 0 Å². The molecule has 9 heteroatoms. The number of nitrogens with one attached hydrogen (secondary N) is 2. The summed E-state index contributed by atoms with van der Waals surface area (Å²) >= 11 is 0. The van der Waals surface area contributed by atoms with Gasteiger partial charge in [-0.05, 0) is 49.8 Å². The van der Waals surface area contributed by atoms with Crippen molar-refractivity contribution in [2.45, 2.75) is 57.0 Å². The largest absolute Gasteiger partial charge is 0.356 e. The fourth-order valence-corrected chi connectivity index (χ4v) is 4.04.